The van der Waals surface area contributed by atoms with E-state index in [1.807, 2.05) is 0 Å². The van der Waals surface area contributed by atoms with Crippen LogP contribution in [0.5, 0.6) is 0 Å². The Morgan fingerprint density at radius 1 is 1.29 bits per heavy atom. The van der Waals surface area contributed by atoms with E-state index in [9.17, 15) is 27.6 Å². The highest BCUT2D eigenvalue weighted by Crippen LogP contribution is 2.16. The molecule has 11 heteroatoms. The number of likely N-dealkylation sites (tertiary alicyclic amines) is 1. The molecule has 0 saturated carbocycles. The van der Waals surface area contributed by atoms with E-state index in [1.165, 1.54) is 10.2 Å². The van der Waals surface area contributed by atoms with E-state index in [2.05, 4.69) is 0 Å². The minimum atomic E-state index is -4.57. The van der Waals surface area contributed by atoms with Crippen molar-refractivity contribution < 1.29 is 32.7 Å². The van der Waals surface area contributed by atoms with Crippen LogP contribution in [0.25, 0.3) is 0 Å². The van der Waals surface area contributed by atoms with Crippen molar-refractivity contribution in [1.82, 2.24) is 15.5 Å². The molecule has 1 aliphatic rings. The van der Waals surface area contributed by atoms with Crippen LogP contribution in [-0.4, -0.2) is 59.8 Å². The largest absolute Gasteiger partial charge is 0.480 e. The fraction of sp³-hybridized carbons (Fsp3) is 0.700. The number of carbonyl (C=O) groups excluding carboxylic acids is 2. The van der Waals surface area contributed by atoms with Crippen molar-refractivity contribution in [3.05, 3.63) is 0 Å². The van der Waals surface area contributed by atoms with Gasteiger partial charge in [0.05, 0.1) is 6.54 Å². The Morgan fingerprint density at radius 3 is 2.43 bits per heavy atom. The lowest BCUT2D eigenvalue weighted by molar-refractivity contribution is -0.142. The van der Waals surface area contributed by atoms with E-state index >= 15 is 0 Å². The second kappa shape index (κ2) is 8.03. The number of carboxylic acid groups (broad SMARTS) is 1. The lowest BCUT2D eigenvalue weighted by Crippen LogP contribution is -2.48. The molecule has 0 aliphatic carbocycles. The van der Waals surface area contributed by atoms with Crippen molar-refractivity contribution in [3.63, 3.8) is 0 Å². The van der Waals surface area contributed by atoms with Crippen LogP contribution in [0.1, 0.15) is 12.8 Å². The summed E-state index contributed by atoms with van der Waals surface area (Å²) in [6.07, 6.45) is -3.57. The average molecular weight is 334 g/mol. The number of hydrogen-bond acceptors (Lipinski definition) is 4. The van der Waals surface area contributed by atoms with E-state index in [0.29, 0.717) is 19.4 Å². The van der Waals surface area contributed by atoms with Gasteiger partial charge in [0.1, 0.15) is 12.6 Å². The number of carboxylic acids is 1. The summed E-state index contributed by atoms with van der Waals surface area (Å²) in [4.78, 5) is 34.6. The van der Waals surface area contributed by atoms with Crippen LogP contribution in [0.15, 0.2) is 0 Å². The maximum Gasteiger partial charge on any atom is 0.405 e. The van der Waals surface area contributed by atoms with Gasteiger partial charge in [0, 0.05) is 0 Å². The van der Waals surface area contributed by atoms with Gasteiger partial charge in [0.15, 0.2) is 0 Å². The van der Waals surface area contributed by atoms with Crippen molar-refractivity contribution in [2.75, 3.05) is 19.6 Å². The normalized spacial score (nSPS) is 18.7. The highest BCUT2D eigenvalue weighted by molar-refractivity contribution is 5.95. The van der Waals surface area contributed by atoms with E-state index in [1.54, 1.807) is 5.32 Å². The number of nitrogens with one attached hydrogen (secondary N) is 2. The predicted molar refractivity (Wildman–Crippen MR) is 67.1 cm³/mol. The van der Waals surface area contributed by atoms with Gasteiger partial charge in [-0.1, -0.05) is 0 Å². The molecule has 1 fully saturated rings. The van der Waals surface area contributed by atoms with Gasteiger partial charge in [-0.15, -0.1) is 12.4 Å². The predicted octanol–water partition coefficient (Wildman–Crippen LogP) is 0.345. The van der Waals surface area contributed by atoms with Gasteiger partial charge in [-0.2, -0.15) is 13.2 Å². The third-order valence-electron chi connectivity index (χ3n) is 2.70. The molecule has 1 aliphatic heterocycles. The minimum Gasteiger partial charge on any atom is -0.480 e. The van der Waals surface area contributed by atoms with Gasteiger partial charge < -0.3 is 10.4 Å². The molecule has 1 rings (SSSR count). The van der Waals surface area contributed by atoms with Crippen molar-refractivity contribution in [3.8, 4) is 0 Å². The maximum absolute atomic E-state index is 11.8. The SMILES string of the molecule is Cl.O=C(CN1CCCC1C(=O)O)NC(=O)NCC(F)(F)F. The highest BCUT2D eigenvalue weighted by atomic mass is 35.5. The topological polar surface area (TPSA) is 98.7 Å². The van der Waals surface area contributed by atoms with Crippen molar-refractivity contribution in [2.45, 2.75) is 25.1 Å². The number of amides is 3. The fourth-order valence-corrected chi connectivity index (χ4v) is 1.87. The Morgan fingerprint density at radius 2 is 1.90 bits per heavy atom. The number of carbonyl (C=O) groups is 3. The molecule has 7 nitrogen and oxygen atoms in total. The highest BCUT2D eigenvalue weighted by Gasteiger charge is 2.32. The van der Waals surface area contributed by atoms with Crippen molar-refractivity contribution >= 4 is 30.3 Å². The van der Waals surface area contributed by atoms with Crippen LogP contribution in [0.3, 0.4) is 0 Å². The fourth-order valence-electron chi connectivity index (χ4n) is 1.87. The first kappa shape index (κ1) is 19.4. The first-order chi connectivity index (χ1) is 9.19. The molecule has 0 aromatic heterocycles. The summed E-state index contributed by atoms with van der Waals surface area (Å²) in [5.74, 6) is -1.92. The zero-order valence-corrected chi connectivity index (χ0v) is 11.6. The molecule has 0 aromatic rings. The number of aliphatic carboxylic acids is 1. The monoisotopic (exact) mass is 333 g/mol. The molecule has 3 N–H and O–H groups in total. The third-order valence-corrected chi connectivity index (χ3v) is 2.70. The molecule has 21 heavy (non-hydrogen) atoms. The molecule has 3 amide bonds. The van der Waals surface area contributed by atoms with Gasteiger partial charge in [0.25, 0.3) is 0 Å². The zero-order valence-electron chi connectivity index (χ0n) is 10.8. The molecule has 122 valence electrons. The number of halogens is 4. The minimum absolute atomic E-state index is 0. The summed E-state index contributed by atoms with van der Waals surface area (Å²) in [7, 11) is 0. The van der Waals surface area contributed by atoms with E-state index < -0.39 is 36.7 Å². The van der Waals surface area contributed by atoms with Crippen LogP contribution in [0.2, 0.25) is 0 Å². The number of alkyl halides is 3. The van der Waals surface area contributed by atoms with E-state index in [4.69, 9.17) is 5.11 Å². The number of imide groups is 1. The molecule has 0 aromatic carbocycles. The quantitative estimate of drug-likeness (QED) is 0.689. The molecular weight excluding hydrogens is 319 g/mol. The average Bonchev–Trinajstić information content (AvgIpc) is 2.73. The third kappa shape index (κ3) is 7.14. The summed E-state index contributed by atoms with van der Waals surface area (Å²) >= 11 is 0. The number of nitrogens with zero attached hydrogens (tertiary/aromatic N) is 1. The molecule has 1 heterocycles. The van der Waals surface area contributed by atoms with E-state index in [0.717, 1.165) is 0 Å². The first-order valence-corrected chi connectivity index (χ1v) is 5.80. The van der Waals surface area contributed by atoms with E-state index in [-0.39, 0.29) is 19.0 Å². The van der Waals surface area contributed by atoms with Gasteiger partial charge in [-0.25, -0.2) is 4.79 Å². The Kier molecular flexibility index (Phi) is 7.44. The second-order valence-electron chi connectivity index (χ2n) is 4.31. The summed E-state index contributed by atoms with van der Waals surface area (Å²) < 4.78 is 35.5. The van der Waals surface area contributed by atoms with Crippen LogP contribution >= 0.6 is 12.4 Å². The summed E-state index contributed by atoms with van der Waals surface area (Å²) in [5.41, 5.74) is 0. The molecule has 0 bridgehead atoms. The Bertz CT molecular complexity index is 405. The Hall–Kier alpha value is -1.55. The van der Waals surface area contributed by atoms with Crippen LogP contribution < -0.4 is 10.6 Å². The molecule has 1 atom stereocenters. The Labute approximate surface area is 124 Å². The first-order valence-electron chi connectivity index (χ1n) is 5.80. The van der Waals surface area contributed by atoms with Crippen LogP contribution in [0, 0.1) is 0 Å². The molecule has 0 spiro atoms. The van der Waals surface area contributed by atoms with Crippen molar-refractivity contribution in [2.24, 2.45) is 0 Å². The second-order valence-corrected chi connectivity index (χ2v) is 4.31. The van der Waals surface area contributed by atoms with Crippen molar-refractivity contribution in [1.29, 1.82) is 0 Å². The maximum atomic E-state index is 11.8. The molecule has 1 saturated heterocycles. The number of rotatable bonds is 4. The summed E-state index contributed by atoms with van der Waals surface area (Å²) in [5, 5.41) is 12.1. The smallest absolute Gasteiger partial charge is 0.405 e. The summed E-state index contributed by atoms with van der Waals surface area (Å²) in [6.45, 7) is -1.52. The van der Waals surface area contributed by atoms with Gasteiger partial charge in [-0.05, 0) is 19.4 Å². The lowest BCUT2D eigenvalue weighted by Gasteiger charge is -2.20. The number of hydrogen-bond donors (Lipinski definition) is 3. The summed E-state index contributed by atoms with van der Waals surface area (Å²) in [6, 6.07) is -2.07. The standard InChI is InChI=1S/C10H14F3N3O4.ClH/c11-10(12,13)5-14-9(20)15-7(17)4-16-3-1-2-6(16)8(18)19;/h6H,1-5H2,(H,18,19)(H2,14,15,17,20);1H. The van der Waals surface area contributed by atoms with Gasteiger partial charge >= 0.3 is 18.2 Å². The molecule has 1 unspecified atom stereocenters. The Balaban J connectivity index is 0.00000400. The van der Waals surface area contributed by atoms with Gasteiger partial charge in [0.2, 0.25) is 5.91 Å². The lowest BCUT2D eigenvalue weighted by atomic mass is 10.2. The zero-order chi connectivity index (χ0) is 15.3. The van der Waals surface area contributed by atoms with Crippen LogP contribution in [0.4, 0.5) is 18.0 Å². The van der Waals surface area contributed by atoms with Crippen LogP contribution in [-0.2, 0) is 9.59 Å². The molecular formula is C10H15ClF3N3O4. The van der Waals surface area contributed by atoms with Gasteiger partial charge in [-0.3, -0.25) is 19.8 Å². The number of urea groups is 1. The molecule has 0 radical (unpaired) electrons.